The third-order valence-electron chi connectivity index (χ3n) is 4.75. The highest BCUT2D eigenvalue weighted by Crippen LogP contribution is 2.21. The van der Waals surface area contributed by atoms with Crippen molar-refractivity contribution >= 4 is 11.6 Å². The van der Waals surface area contributed by atoms with Gasteiger partial charge in [0, 0.05) is 25.4 Å². The normalized spacial score (nSPS) is 18.0. The number of carbonyl (C=O) groups excluding carboxylic acids is 1. The van der Waals surface area contributed by atoms with Gasteiger partial charge in [0.05, 0.1) is 5.92 Å². The predicted molar refractivity (Wildman–Crippen MR) is 100 cm³/mol. The van der Waals surface area contributed by atoms with Crippen LogP contribution in [0.25, 0.3) is 0 Å². The lowest BCUT2D eigenvalue weighted by molar-refractivity contribution is -0.121. The fraction of sp³-hybridized carbons (Fsp3) is 0.381. The molecule has 0 spiro atoms. The second-order valence-corrected chi connectivity index (χ2v) is 6.72. The van der Waals surface area contributed by atoms with Crippen LogP contribution < -0.4 is 5.32 Å². The molecule has 0 saturated carbocycles. The van der Waals surface area contributed by atoms with E-state index in [0.717, 1.165) is 43.7 Å². The Kier molecular flexibility index (Phi) is 6.20. The van der Waals surface area contributed by atoms with Crippen LogP contribution >= 0.6 is 0 Å². The summed E-state index contributed by atoms with van der Waals surface area (Å²) in [5.41, 5.74) is 3.20. The van der Waals surface area contributed by atoms with Gasteiger partial charge in [0.1, 0.15) is 0 Å². The van der Waals surface area contributed by atoms with E-state index in [1.165, 1.54) is 5.56 Å². The molecule has 25 heavy (non-hydrogen) atoms. The monoisotopic (exact) mass is 338 g/mol. The first-order valence-corrected chi connectivity index (χ1v) is 9.01. The summed E-state index contributed by atoms with van der Waals surface area (Å²) in [6.45, 7) is 2.91. The second kappa shape index (κ2) is 8.79. The number of aliphatic hydroxyl groups excluding tert-OH is 1. The Morgan fingerprint density at radius 1 is 1.08 bits per heavy atom. The van der Waals surface area contributed by atoms with Gasteiger partial charge in [-0.2, -0.15) is 0 Å². The summed E-state index contributed by atoms with van der Waals surface area (Å²) in [6, 6.07) is 18.1. The van der Waals surface area contributed by atoms with E-state index >= 15 is 0 Å². The van der Waals surface area contributed by atoms with Crippen molar-refractivity contribution in [2.24, 2.45) is 5.92 Å². The molecule has 0 aliphatic carbocycles. The summed E-state index contributed by atoms with van der Waals surface area (Å²) in [4.78, 5) is 15.0. The van der Waals surface area contributed by atoms with Crippen molar-refractivity contribution in [3.05, 3.63) is 65.7 Å². The molecule has 2 aromatic carbocycles. The minimum atomic E-state index is 0.0366. The Balaban J connectivity index is 1.54. The van der Waals surface area contributed by atoms with Crippen LogP contribution in [-0.2, 0) is 17.8 Å². The lowest BCUT2D eigenvalue weighted by Crippen LogP contribution is -2.40. The summed E-state index contributed by atoms with van der Waals surface area (Å²) in [6.07, 6.45) is 2.64. The third kappa shape index (κ3) is 5.15. The highest BCUT2D eigenvalue weighted by Gasteiger charge is 2.25. The highest BCUT2D eigenvalue weighted by atomic mass is 16.3. The van der Waals surface area contributed by atoms with Gasteiger partial charge in [0.15, 0.2) is 0 Å². The molecule has 1 heterocycles. The van der Waals surface area contributed by atoms with Crippen LogP contribution in [0, 0.1) is 5.92 Å². The van der Waals surface area contributed by atoms with Crippen molar-refractivity contribution in [2.75, 3.05) is 25.0 Å². The number of carbonyl (C=O) groups is 1. The zero-order chi connectivity index (χ0) is 17.5. The third-order valence-corrected chi connectivity index (χ3v) is 4.75. The number of nitrogens with one attached hydrogen (secondary N) is 1. The van der Waals surface area contributed by atoms with E-state index in [1.54, 1.807) is 0 Å². The van der Waals surface area contributed by atoms with Gasteiger partial charge < -0.3 is 10.4 Å². The number of anilines is 1. The molecular formula is C21H26N2O2. The van der Waals surface area contributed by atoms with Crippen LogP contribution in [0.2, 0.25) is 0 Å². The quantitative estimate of drug-likeness (QED) is 0.851. The van der Waals surface area contributed by atoms with Gasteiger partial charge in [-0.1, -0.05) is 42.5 Å². The molecule has 2 N–H and O–H groups in total. The van der Waals surface area contributed by atoms with E-state index in [9.17, 15) is 4.79 Å². The number of hydrogen-bond donors (Lipinski definition) is 2. The molecule has 2 aromatic rings. The standard InChI is InChI=1S/C21H26N2O2/c24-14-12-17-8-10-20(11-9-17)22-21(25)19-7-4-13-23(16-19)15-18-5-2-1-3-6-18/h1-3,5-6,8-11,19,24H,4,7,12-16H2,(H,22,25). The Morgan fingerprint density at radius 3 is 2.56 bits per heavy atom. The minimum absolute atomic E-state index is 0.0366. The number of nitrogens with zero attached hydrogens (tertiary/aromatic N) is 1. The van der Waals surface area contributed by atoms with Crippen molar-refractivity contribution in [1.29, 1.82) is 0 Å². The number of rotatable bonds is 6. The van der Waals surface area contributed by atoms with Crippen molar-refractivity contribution in [2.45, 2.75) is 25.8 Å². The van der Waals surface area contributed by atoms with E-state index in [4.69, 9.17) is 5.11 Å². The molecule has 3 rings (SSSR count). The summed E-state index contributed by atoms with van der Waals surface area (Å²) >= 11 is 0. The smallest absolute Gasteiger partial charge is 0.228 e. The first-order chi connectivity index (χ1) is 12.2. The summed E-state index contributed by atoms with van der Waals surface area (Å²) in [5.74, 6) is 0.141. The first-order valence-electron chi connectivity index (χ1n) is 9.01. The fourth-order valence-electron chi connectivity index (χ4n) is 3.38. The van der Waals surface area contributed by atoms with E-state index in [-0.39, 0.29) is 18.4 Å². The topological polar surface area (TPSA) is 52.6 Å². The van der Waals surface area contributed by atoms with E-state index in [2.05, 4.69) is 34.5 Å². The van der Waals surface area contributed by atoms with Gasteiger partial charge in [0.2, 0.25) is 5.91 Å². The lowest BCUT2D eigenvalue weighted by atomic mass is 9.96. The van der Waals surface area contributed by atoms with Crippen molar-refractivity contribution in [3.8, 4) is 0 Å². The summed E-state index contributed by atoms with van der Waals surface area (Å²) in [5, 5.41) is 12.0. The SMILES string of the molecule is O=C(Nc1ccc(CCO)cc1)C1CCCN(Cc2ccccc2)C1. The van der Waals surface area contributed by atoms with Gasteiger partial charge in [-0.15, -0.1) is 0 Å². The zero-order valence-electron chi connectivity index (χ0n) is 14.5. The van der Waals surface area contributed by atoms with Crippen LogP contribution in [0.3, 0.4) is 0 Å². The maximum Gasteiger partial charge on any atom is 0.228 e. The summed E-state index contributed by atoms with van der Waals surface area (Å²) in [7, 11) is 0. The molecule has 132 valence electrons. The van der Waals surface area contributed by atoms with Crippen molar-refractivity contribution in [3.63, 3.8) is 0 Å². The number of hydrogen-bond acceptors (Lipinski definition) is 3. The Morgan fingerprint density at radius 2 is 1.84 bits per heavy atom. The van der Waals surface area contributed by atoms with Crippen molar-refractivity contribution < 1.29 is 9.90 Å². The maximum atomic E-state index is 12.6. The molecular weight excluding hydrogens is 312 g/mol. The average molecular weight is 338 g/mol. The van der Waals surface area contributed by atoms with Crippen LogP contribution in [0.4, 0.5) is 5.69 Å². The lowest BCUT2D eigenvalue weighted by Gasteiger charge is -2.32. The van der Waals surface area contributed by atoms with Gasteiger partial charge in [-0.3, -0.25) is 9.69 Å². The second-order valence-electron chi connectivity index (χ2n) is 6.72. The van der Waals surface area contributed by atoms with Gasteiger partial charge in [-0.05, 0) is 49.1 Å². The Hall–Kier alpha value is -2.17. The number of benzene rings is 2. The molecule has 4 nitrogen and oxygen atoms in total. The number of amides is 1. The predicted octanol–water partition coefficient (Wildman–Crippen LogP) is 3.07. The first kappa shape index (κ1) is 17.6. The molecule has 1 atom stereocenters. The number of aliphatic hydroxyl groups is 1. The molecule has 1 saturated heterocycles. The molecule has 1 aliphatic rings. The Labute approximate surface area is 149 Å². The van der Waals surface area contributed by atoms with Crippen LogP contribution in [0.5, 0.6) is 0 Å². The molecule has 4 heteroatoms. The average Bonchev–Trinajstić information content (AvgIpc) is 2.65. The van der Waals surface area contributed by atoms with Crippen molar-refractivity contribution in [1.82, 2.24) is 4.90 Å². The van der Waals surface area contributed by atoms with E-state index < -0.39 is 0 Å². The highest BCUT2D eigenvalue weighted by molar-refractivity contribution is 5.92. The largest absolute Gasteiger partial charge is 0.396 e. The van der Waals surface area contributed by atoms with E-state index in [1.807, 2.05) is 30.3 Å². The molecule has 0 radical (unpaired) electrons. The molecule has 1 unspecified atom stereocenters. The molecule has 1 aliphatic heterocycles. The molecule has 1 amide bonds. The maximum absolute atomic E-state index is 12.6. The molecule has 1 fully saturated rings. The van der Waals surface area contributed by atoms with Gasteiger partial charge >= 0.3 is 0 Å². The van der Waals surface area contributed by atoms with Crippen LogP contribution in [0.15, 0.2) is 54.6 Å². The summed E-state index contributed by atoms with van der Waals surface area (Å²) < 4.78 is 0. The van der Waals surface area contributed by atoms with Crippen LogP contribution in [-0.4, -0.2) is 35.6 Å². The van der Waals surface area contributed by atoms with Gasteiger partial charge in [-0.25, -0.2) is 0 Å². The van der Waals surface area contributed by atoms with E-state index in [0.29, 0.717) is 6.42 Å². The van der Waals surface area contributed by atoms with Crippen LogP contribution in [0.1, 0.15) is 24.0 Å². The molecule has 0 aromatic heterocycles. The number of piperidine rings is 1. The van der Waals surface area contributed by atoms with Gasteiger partial charge in [0.25, 0.3) is 0 Å². The molecule has 0 bridgehead atoms. The Bertz CT molecular complexity index is 670. The zero-order valence-corrected chi connectivity index (χ0v) is 14.5. The number of likely N-dealkylation sites (tertiary alicyclic amines) is 1. The minimum Gasteiger partial charge on any atom is -0.396 e. The fourth-order valence-corrected chi connectivity index (χ4v) is 3.38.